The molecule has 27 heavy (non-hydrogen) atoms. The molecule has 0 aliphatic carbocycles. The van der Waals surface area contributed by atoms with Gasteiger partial charge in [0.05, 0.1) is 13.2 Å². The van der Waals surface area contributed by atoms with Gasteiger partial charge in [-0.3, -0.25) is 10.2 Å². The van der Waals surface area contributed by atoms with Crippen molar-refractivity contribution in [2.75, 3.05) is 26.0 Å². The van der Waals surface area contributed by atoms with Crippen molar-refractivity contribution in [2.45, 2.75) is 50.2 Å². The highest BCUT2D eigenvalue weighted by atomic mass is 16.5. The number of ether oxygens (including phenoxy) is 1. The van der Waals surface area contributed by atoms with Gasteiger partial charge in [0.2, 0.25) is 0 Å². The third kappa shape index (κ3) is 3.64. The highest BCUT2D eigenvalue weighted by Gasteiger charge is 2.39. The number of nitrogens with two attached hydrogens (primary N) is 1. The van der Waals surface area contributed by atoms with Gasteiger partial charge in [-0.15, -0.1) is 0 Å². The molecule has 3 aliphatic rings. The summed E-state index contributed by atoms with van der Waals surface area (Å²) in [5.74, 6) is -0.325. The number of nitrogens with zero attached hydrogens (tertiary/aromatic N) is 1. The van der Waals surface area contributed by atoms with E-state index in [2.05, 4.69) is 23.3 Å². The fraction of sp³-hybridized carbons (Fsp3) is 0.524. The summed E-state index contributed by atoms with van der Waals surface area (Å²) in [7, 11) is 2.18. The predicted molar refractivity (Wildman–Crippen MR) is 107 cm³/mol. The van der Waals surface area contributed by atoms with Gasteiger partial charge in [0.25, 0.3) is 5.91 Å². The lowest BCUT2D eigenvalue weighted by Crippen LogP contribution is -2.50. The Balaban J connectivity index is 1.47. The average molecular weight is 368 g/mol. The summed E-state index contributed by atoms with van der Waals surface area (Å²) < 4.78 is 5.36. The molecule has 2 unspecified atom stereocenters. The number of anilines is 1. The van der Waals surface area contributed by atoms with Crippen molar-refractivity contribution in [1.82, 2.24) is 10.2 Å². The fourth-order valence-corrected chi connectivity index (χ4v) is 4.67. The molecule has 2 bridgehead atoms. The van der Waals surface area contributed by atoms with E-state index in [4.69, 9.17) is 15.9 Å². The first-order valence-corrected chi connectivity index (χ1v) is 9.81. The third-order valence-electron chi connectivity index (χ3n) is 6.32. The van der Waals surface area contributed by atoms with Crippen LogP contribution in [0, 0.1) is 5.41 Å². The van der Waals surface area contributed by atoms with Crippen molar-refractivity contribution in [3.8, 4) is 0 Å². The van der Waals surface area contributed by atoms with E-state index in [0.29, 0.717) is 36.5 Å². The van der Waals surface area contributed by atoms with Crippen LogP contribution in [-0.2, 0) is 9.53 Å². The number of rotatable bonds is 4. The van der Waals surface area contributed by atoms with Crippen molar-refractivity contribution in [1.29, 1.82) is 5.41 Å². The molecule has 3 aliphatic heterocycles. The first-order chi connectivity index (χ1) is 13.0. The molecule has 2 saturated heterocycles. The third-order valence-corrected chi connectivity index (χ3v) is 6.32. The predicted octanol–water partition coefficient (Wildman–Crippen LogP) is 2.18. The van der Waals surface area contributed by atoms with E-state index in [0.717, 1.165) is 24.8 Å². The van der Waals surface area contributed by atoms with Gasteiger partial charge in [0.1, 0.15) is 5.71 Å². The van der Waals surface area contributed by atoms with Crippen LogP contribution in [0.5, 0.6) is 0 Å². The second-order valence-corrected chi connectivity index (χ2v) is 7.92. The SMILES string of the molecule is CN1C2CCC1CC(NC(=O)C(=N)c1cc(C3=CCOCC3)ccc1N)C2. The molecular formula is C21H28N4O2. The van der Waals surface area contributed by atoms with Gasteiger partial charge in [0, 0.05) is 29.4 Å². The van der Waals surface area contributed by atoms with Crippen LogP contribution in [0.15, 0.2) is 24.3 Å². The Bertz CT molecular complexity index is 774. The molecule has 0 saturated carbocycles. The topological polar surface area (TPSA) is 91.4 Å². The maximum absolute atomic E-state index is 12.7. The lowest BCUT2D eigenvalue weighted by molar-refractivity contribution is -0.115. The maximum Gasteiger partial charge on any atom is 0.270 e. The molecule has 2 atom stereocenters. The number of nitrogen functional groups attached to an aromatic ring is 1. The first-order valence-electron chi connectivity index (χ1n) is 9.81. The summed E-state index contributed by atoms with van der Waals surface area (Å²) in [6.45, 7) is 1.30. The number of carbonyl (C=O) groups excluding carboxylic acids is 1. The molecule has 0 spiro atoms. The number of nitrogens with one attached hydrogen (secondary N) is 2. The summed E-state index contributed by atoms with van der Waals surface area (Å²) >= 11 is 0. The second kappa shape index (κ2) is 7.44. The number of fused-ring (bicyclic) bond motifs is 2. The van der Waals surface area contributed by atoms with Gasteiger partial charge in [-0.2, -0.15) is 0 Å². The first kappa shape index (κ1) is 18.2. The number of piperidine rings is 1. The van der Waals surface area contributed by atoms with E-state index >= 15 is 0 Å². The molecule has 0 aromatic heterocycles. The van der Waals surface area contributed by atoms with Crippen LogP contribution in [0.4, 0.5) is 5.69 Å². The van der Waals surface area contributed by atoms with Gasteiger partial charge in [-0.1, -0.05) is 12.1 Å². The van der Waals surface area contributed by atoms with E-state index in [9.17, 15) is 4.79 Å². The molecule has 1 aromatic carbocycles. The Kier molecular flexibility index (Phi) is 5.02. The largest absolute Gasteiger partial charge is 0.398 e. The molecule has 1 amide bonds. The van der Waals surface area contributed by atoms with E-state index in [1.54, 1.807) is 6.07 Å². The van der Waals surface area contributed by atoms with Gasteiger partial charge in [0.15, 0.2) is 0 Å². The van der Waals surface area contributed by atoms with Crippen LogP contribution in [0.2, 0.25) is 0 Å². The van der Waals surface area contributed by atoms with Gasteiger partial charge in [-0.05, 0) is 62.4 Å². The number of hydrogen-bond donors (Lipinski definition) is 3. The molecule has 3 heterocycles. The zero-order valence-electron chi connectivity index (χ0n) is 15.8. The Morgan fingerprint density at radius 3 is 2.70 bits per heavy atom. The Labute approximate surface area is 160 Å². The molecular weight excluding hydrogens is 340 g/mol. The number of benzene rings is 1. The maximum atomic E-state index is 12.7. The zero-order valence-corrected chi connectivity index (χ0v) is 15.8. The number of amides is 1. The van der Waals surface area contributed by atoms with Gasteiger partial charge in [-0.25, -0.2) is 0 Å². The molecule has 6 nitrogen and oxygen atoms in total. The number of hydrogen-bond acceptors (Lipinski definition) is 5. The minimum Gasteiger partial charge on any atom is -0.398 e. The quantitative estimate of drug-likeness (QED) is 0.561. The molecule has 2 fully saturated rings. The van der Waals surface area contributed by atoms with Crippen molar-refractivity contribution in [2.24, 2.45) is 0 Å². The molecule has 6 heteroatoms. The van der Waals surface area contributed by atoms with Crippen molar-refractivity contribution < 1.29 is 9.53 Å². The van der Waals surface area contributed by atoms with Crippen LogP contribution < -0.4 is 11.1 Å². The van der Waals surface area contributed by atoms with E-state index in [-0.39, 0.29) is 17.7 Å². The van der Waals surface area contributed by atoms with Crippen LogP contribution in [-0.4, -0.2) is 54.9 Å². The van der Waals surface area contributed by atoms with E-state index in [1.165, 1.54) is 18.4 Å². The molecule has 4 rings (SSSR count). The molecule has 1 aromatic rings. The lowest BCUT2D eigenvalue weighted by atomic mass is 9.95. The Hall–Kier alpha value is -2.18. The monoisotopic (exact) mass is 368 g/mol. The van der Waals surface area contributed by atoms with Gasteiger partial charge < -0.3 is 20.7 Å². The summed E-state index contributed by atoms with van der Waals surface area (Å²) in [6.07, 6.45) is 7.23. The zero-order chi connectivity index (χ0) is 19.0. The smallest absolute Gasteiger partial charge is 0.270 e. The van der Waals surface area contributed by atoms with Crippen LogP contribution in [0.1, 0.15) is 43.2 Å². The standard InChI is InChI=1S/C21H28N4O2/c1-25-16-3-4-17(25)12-15(11-16)24-21(26)20(23)18-10-14(2-5-19(18)22)13-6-8-27-9-7-13/h2,5-6,10,15-17,23H,3-4,7-9,11-12,22H2,1H3,(H,24,26). The highest BCUT2D eigenvalue weighted by molar-refractivity contribution is 6.45. The van der Waals surface area contributed by atoms with Crippen molar-refractivity contribution in [3.05, 3.63) is 35.4 Å². The highest BCUT2D eigenvalue weighted by Crippen LogP contribution is 2.34. The summed E-state index contributed by atoms with van der Waals surface area (Å²) in [6, 6.07) is 6.87. The summed E-state index contributed by atoms with van der Waals surface area (Å²) in [4.78, 5) is 15.2. The number of carbonyl (C=O) groups is 1. The Morgan fingerprint density at radius 2 is 2.04 bits per heavy atom. The minimum atomic E-state index is -0.325. The second-order valence-electron chi connectivity index (χ2n) is 7.92. The molecule has 0 radical (unpaired) electrons. The summed E-state index contributed by atoms with van der Waals surface area (Å²) in [5.41, 5.74) is 9.21. The van der Waals surface area contributed by atoms with Crippen LogP contribution in [0.25, 0.3) is 5.57 Å². The molecule has 4 N–H and O–H groups in total. The molecule has 144 valence electrons. The van der Waals surface area contributed by atoms with Crippen LogP contribution in [0.3, 0.4) is 0 Å². The minimum absolute atomic E-state index is 0.0479. The van der Waals surface area contributed by atoms with Crippen LogP contribution >= 0.6 is 0 Å². The van der Waals surface area contributed by atoms with Crippen molar-refractivity contribution in [3.63, 3.8) is 0 Å². The van der Waals surface area contributed by atoms with Gasteiger partial charge >= 0.3 is 0 Å². The Morgan fingerprint density at radius 1 is 1.30 bits per heavy atom. The lowest BCUT2D eigenvalue weighted by Gasteiger charge is -2.36. The fourth-order valence-electron chi connectivity index (χ4n) is 4.67. The average Bonchev–Trinajstić information content (AvgIpc) is 2.89. The van der Waals surface area contributed by atoms with E-state index < -0.39 is 0 Å². The normalized spacial score (nSPS) is 27.9. The summed E-state index contributed by atoms with van der Waals surface area (Å²) in [5, 5.41) is 11.5. The van der Waals surface area contributed by atoms with Crippen molar-refractivity contribution >= 4 is 22.9 Å². The van der Waals surface area contributed by atoms with E-state index in [1.807, 2.05) is 12.1 Å².